The van der Waals surface area contributed by atoms with Gasteiger partial charge in [0.25, 0.3) is 5.91 Å². The molecular weight excluding hydrogens is 162 g/mol. The Hall–Kier alpha value is -1.85. The smallest absolute Gasteiger partial charge is 0.326 e. The Labute approximate surface area is 68.3 Å². The first kappa shape index (κ1) is 8.25. The van der Waals surface area contributed by atoms with E-state index in [-0.39, 0.29) is 11.4 Å². The summed E-state index contributed by atoms with van der Waals surface area (Å²) in [7, 11) is 1.30. The summed E-state index contributed by atoms with van der Waals surface area (Å²) >= 11 is 0. The van der Waals surface area contributed by atoms with E-state index >= 15 is 0 Å². The SMILES string of the molecule is C=C1NC(=O)NC(=O)/C1=N\OC. The minimum atomic E-state index is -0.620. The van der Waals surface area contributed by atoms with Gasteiger partial charge in [0.1, 0.15) is 7.11 Å². The van der Waals surface area contributed by atoms with Gasteiger partial charge < -0.3 is 10.2 Å². The summed E-state index contributed by atoms with van der Waals surface area (Å²) in [6.45, 7) is 3.41. The van der Waals surface area contributed by atoms with Crippen LogP contribution in [-0.4, -0.2) is 24.8 Å². The molecule has 0 radical (unpaired) electrons. The maximum atomic E-state index is 11.0. The zero-order valence-electron chi connectivity index (χ0n) is 6.38. The Kier molecular flexibility index (Phi) is 2.09. The van der Waals surface area contributed by atoms with Gasteiger partial charge in [-0.25, -0.2) is 4.79 Å². The average Bonchev–Trinajstić information content (AvgIpc) is 1.96. The molecule has 64 valence electrons. The quantitative estimate of drug-likeness (QED) is 0.511. The number of hydrogen-bond acceptors (Lipinski definition) is 4. The van der Waals surface area contributed by atoms with E-state index in [0.717, 1.165) is 0 Å². The molecule has 0 aromatic rings. The molecule has 0 bridgehead atoms. The molecule has 1 aliphatic heterocycles. The second-order valence-electron chi connectivity index (χ2n) is 2.01. The first-order chi connectivity index (χ1) is 5.65. The summed E-state index contributed by atoms with van der Waals surface area (Å²) in [6, 6.07) is -0.611. The lowest BCUT2D eigenvalue weighted by Gasteiger charge is -2.15. The highest BCUT2D eigenvalue weighted by atomic mass is 16.6. The number of carbonyl (C=O) groups is 2. The van der Waals surface area contributed by atoms with Crippen molar-refractivity contribution >= 4 is 17.6 Å². The molecule has 0 aromatic carbocycles. The van der Waals surface area contributed by atoms with Gasteiger partial charge in [0.05, 0.1) is 5.70 Å². The largest absolute Gasteiger partial charge is 0.398 e. The van der Waals surface area contributed by atoms with Gasteiger partial charge in [-0.3, -0.25) is 10.1 Å². The molecule has 3 amide bonds. The lowest BCUT2D eigenvalue weighted by molar-refractivity contribution is -0.114. The van der Waals surface area contributed by atoms with Crippen LogP contribution in [-0.2, 0) is 9.63 Å². The van der Waals surface area contributed by atoms with Crippen molar-refractivity contribution in [1.29, 1.82) is 0 Å². The van der Waals surface area contributed by atoms with Crippen molar-refractivity contribution in [1.82, 2.24) is 10.6 Å². The van der Waals surface area contributed by atoms with Gasteiger partial charge in [-0.2, -0.15) is 0 Å². The van der Waals surface area contributed by atoms with Crippen molar-refractivity contribution in [2.45, 2.75) is 0 Å². The number of amides is 3. The van der Waals surface area contributed by atoms with Crippen LogP contribution in [0.5, 0.6) is 0 Å². The molecule has 0 atom stereocenters. The highest BCUT2D eigenvalue weighted by molar-refractivity contribution is 6.48. The van der Waals surface area contributed by atoms with Crippen LogP contribution in [0.15, 0.2) is 17.4 Å². The third kappa shape index (κ3) is 1.42. The van der Waals surface area contributed by atoms with E-state index < -0.39 is 11.9 Å². The zero-order valence-corrected chi connectivity index (χ0v) is 6.38. The van der Waals surface area contributed by atoms with Crippen LogP contribution < -0.4 is 10.6 Å². The summed E-state index contributed by atoms with van der Waals surface area (Å²) in [5.74, 6) is -0.620. The standard InChI is InChI=1S/C6H7N3O3/c1-3-4(9-12-2)5(10)8-6(11)7-3/h1H2,2H3,(H2,7,8,10,11)/b9-4-. The lowest BCUT2D eigenvalue weighted by atomic mass is 10.2. The Morgan fingerprint density at radius 2 is 2.08 bits per heavy atom. The van der Waals surface area contributed by atoms with Crippen LogP contribution in [0.4, 0.5) is 4.79 Å². The molecule has 0 aliphatic carbocycles. The van der Waals surface area contributed by atoms with Crippen molar-refractivity contribution in [3.63, 3.8) is 0 Å². The van der Waals surface area contributed by atoms with Gasteiger partial charge in [0.2, 0.25) is 0 Å². The first-order valence-electron chi connectivity index (χ1n) is 3.08. The summed E-state index contributed by atoms with van der Waals surface area (Å²) in [5.41, 5.74) is 0.0997. The summed E-state index contributed by atoms with van der Waals surface area (Å²) < 4.78 is 0. The predicted octanol–water partition coefficient (Wildman–Crippen LogP) is -0.658. The molecule has 2 N–H and O–H groups in total. The second kappa shape index (κ2) is 3.04. The van der Waals surface area contributed by atoms with E-state index in [2.05, 4.69) is 21.9 Å². The fourth-order valence-electron chi connectivity index (χ4n) is 0.715. The zero-order chi connectivity index (χ0) is 9.14. The number of carbonyl (C=O) groups excluding carboxylic acids is 2. The maximum absolute atomic E-state index is 11.0. The molecule has 0 saturated carbocycles. The topological polar surface area (TPSA) is 79.8 Å². The predicted molar refractivity (Wildman–Crippen MR) is 40.3 cm³/mol. The summed E-state index contributed by atoms with van der Waals surface area (Å²) in [5, 5.41) is 7.62. The molecule has 1 rings (SSSR count). The van der Waals surface area contributed by atoms with Gasteiger partial charge in [0, 0.05) is 0 Å². The van der Waals surface area contributed by atoms with Gasteiger partial charge in [-0.05, 0) is 0 Å². The number of hydrogen-bond donors (Lipinski definition) is 2. The molecule has 1 fully saturated rings. The average molecular weight is 169 g/mol. The number of rotatable bonds is 1. The Balaban J connectivity index is 2.88. The van der Waals surface area contributed by atoms with Crippen LogP contribution in [0.25, 0.3) is 0 Å². The molecule has 0 spiro atoms. The highest BCUT2D eigenvalue weighted by Gasteiger charge is 2.25. The molecule has 1 aliphatic rings. The van der Waals surface area contributed by atoms with E-state index in [1.807, 2.05) is 5.32 Å². The third-order valence-electron chi connectivity index (χ3n) is 1.17. The van der Waals surface area contributed by atoms with Crippen molar-refractivity contribution in [3.8, 4) is 0 Å². The summed E-state index contributed by atoms with van der Waals surface area (Å²) in [4.78, 5) is 26.0. The van der Waals surface area contributed by atoms with Crippen molar-refractivity contribution in [2.24, 2.45) is 5.16 Å². The molecule has 12 heavy (non-hydrogen) atoms. The van der Waals surface area contributed by atoms with E-state index in [9.17, 15) is 9.59 Å². The van der Waals surface area contributed by atoms with Crippen molar-refractivity contribution < 1.29 is 14.4 Å². The van der Waals surface area contributed by atoms with Crippen LogP contribution in [0.1, 0.15) is 0 Å². The Morgan fingerprint density at radius 3 is 2.58 bits per heavy atom. The number of oxime groups is 1. The normalized spacial score (nSPS) is 20.4. The van der Waals surface area contributed by atoms with Gasteiger partial charge in [-0.1, -0.05) is 11.7 Å². The van der Waals surface area contributed by atoms with Crippen LogP contribution in [0, 0.1) is 0 Å². The van der Waals surface area contributed by atoms with Gasteiger partial charge in [0.15, 0.2) is 5.71 Å². The lowest BCUT2D eigenvalue weighted by Crippen LogP contribution is -2.50. The van der Waals surface area contributed by atoms with Crippen LogP contribution >= 0.6 is 0 Å². The molecule has 0 aromatic heterocycles. The Morgan fingerprint density at radius 1 is 1.42 bits per heavy atom. The fourth-order valence-corrected chi connectivity index (χ4v) is 0.715. The summed E-state index contributed by atoms with van der Waals surface area (Å²) in [6.07, 6.45) is 0. The molecule has 1 heterocycles. The number of urea groups is 1. The van der Waals surface area contributed by atoms with Crippen LogP contribution in [0.2, 0.25) is 0 Å². The van der Waals surface area contributed by atoms with Crippen LogP contribution in [0.3, 0.4) is 0 Å². The number of nitrogens with one attached hydrogen (secondary N) is 2. The van der Waals surface area contributed by atoms with E-state index in [4.69, 9.17) is 0 Å². The molecule has 6 nitrogen and oxygen atoms in total. The van der Waals surface area contributed by atoms with E-state index in [1.165, 1.54) is 7.11 Å². The van der Waals surface area contributed by atoms with Crippen molar-refractivity contribution in [3.05, 3.63) is 12.3 Å². The monoisotopic (exact) mass is 169 g/mol. The molecule has 6 heteroatoms. The fraction of sp³-hybridized carbons (Fsp3) is 0.167. The Bertz CT molecular complexity index is 260. The second-order valence-corrected chi connectivity index (χ2v) is 2.01. The van der Waals surface area contributed by atoms with Crippen molar-refractivity contribution in [2.75, 3.05) is 7.11 Å². The van der Waals surface area contributed by atoms with Gasteiger partial charge >= 0.3 is 6.03 Å². The third-order valence-corrected chi connectivity index (χ3v) is 1.17. The maximum Gasteiger partial charge on any atom is 0.326 e. The molecule has 1 saturated heterocycles. The van der Waals surface area contributed by atoms with E-state index in [1.54, 1.807) is 0 Å². The first-order valence-corrected chi connectivity index (χ1v) is 3.08. The minimum Gasteiger partial charge on any atom is -0.398 e. The van der Waals surface area contributed by atoms with E-state index in [0.29, 0.717) is 0 Å². The number of imide groups is 1. The van der Waals surface area contributed by atoms with Gasteiger partial charge in [-0.15, -0.1) is 0 Å². The molecule has 0 unspecified atom stereocenters. The highest BCUT2D eigenvalue weighted by Crippen LogP contribution is 1.97. The molecular formula is C6H7N3O3. The number of nitrogens with zero attached hydrogens (tertiary/aromatic N) is 1. The minimum absolute atomic E-state index is 0.0305.